The van der Waals surface area contributed by atoms with Crippen molar-refractivity contribution in [1.82, 2.24) is 4.72 Å². The zero-order chi connectivity index (χ0) is 21.1. The number of halogens is 1. The van der Waals surface area contributed by atoms with E-state index in [1.165, 1.54) is 24.3 Å². The van der Waals surface area contributed by atoms with Gasteiger partial charge in [-0.2, -0.15) is 0 Å². The number of hydrogen-bond acceptors (Lipinski definition) is 4. The van der Waals surface area contributed by atoms with Crippen LogP contribution in [0.1, 0.15) is 17.2 Å². The fraction of sp³-hybridized carbons (Fsp3) is 0.100. The first-order valence-corrected chi connectivity index (χ1v) is 12.0. The third kappa shape index (κ3) is 5.65. The normalized spacial score (nSPS) is 13.2. The standard InChI is InChI=1S/C20H19ClN2O4S2/c21-17-8-6-15(7-9-17)14-20(16-4-2-1-3-5-16)23-29(26,27)19-12-10-18(11-13-19)28(22,24)25/h1-13,20,23H,14H2,(H2,22,24,25). The molecule has 3 aromatic carbocycles. The van der Waals surface area contributed by atoms with Crippen LogP contribution in [0.4, 0.5) is 0 Å². The Bertz CT molecular complexity index is 1180. The van der Waals surface area contributed by atoms with Crippen molar-refractivity contribution in [1.29, 1.82) is 0 Å². The van der Waals surface area contributed by atoms with E-state index < -0.39 is 26.1 Å². The second-order valence-electron chi connectivity index (χ2n) is 6.43. The Balaban J connectivity index is 1.90. The fourth-order valence-electron chi connectivity index (χ4n) is 2.83. The van der Waals surface area contributed by atoms with Crippen molar-refractivity contribution >= 4 is 31.6 Å². The van der Waals surface area contributed by atoms with Gasteiger partial charge >= 0.3 is 0 Å². The van der Waals surface area contributed by atoms with Crippen LogP contribution in [0.3, 0.4) is 0 Å². The summed E-state index contributed by atoms with van der Waals surface area (Å²) in [5.74, 6) is 0. The maximum Gasteiger partial charge on any atom is 0.241 e. The number of hydrogen-bond donors (Lipinski definition) is 2. The van der Waals surface area contributed by atoms with E-state index in [9.17, 15) is 16.8 Å². The van der Waals surface area contributed by atoms with Crippen LogP contribution in [0.25, 0.3) is 0 Å². The zero-order valence-electron chi connectivity index (χ0n) is 15.2. The molecule has 0 amide bonds. The first-order chi connectivity index (χ1) is 13.6. The van der Waals surface area contributed by atoms with E-state index in [1.807, 2.05) is 42.5 Å². The Morgan fingerprint density at radius 1 is 0.793 bits per heavy atom. The Labute approximate surface area is 175 Å². The van der Waals surface area contributed by atoms with Crippen molar-refractivity contribution in [3.63, 3.8) is 0 Å². The number of benzene rings is 3. The highest BCUT2D eigenvalue weighted by molar-refractivity contribution is 7.89. The minimum absolute atomic E-state index is 0.0538. The van der Waals surface area contributed by atoms with Gasteiger partial charge in [-0.25, -0.2) is 26.7 Å². The molecule has 0 fully saturated rings. The highest BCUT2D eigenvalue weighted by atomic mass is 35.5. The summed E-state index contributed by atoms with van der Waals surface area (Å²) >= 11 is 5.93. The van der Waals surface area contributed by atoms with Crippen molar-refractivity contribution < 1.29 is 16.8 Å². The van der Waals surface area contributed by atoms with Crippen LogP contribution in [-0.2, 0) is 26.5 Å². The molecule has 0 radical (unpaired) electrons. The average molecular weight is 451 g/mol. The second kappa shape index (κ2) is 8.64. The summed E-state index contributed by atoms with van der Waals surface area (Å²) in [6.07, 6.45) is 0.412. The lowest BCUT2D eigenvalue weighted by Gasteiger charge is -2.20. The SMILES string of the molecule is NS(=O)(=O)c1ccc(S(=O)(=O)NC(Cc2ccc(Cl)cc2)c2ccccc2)cc1. The smallest absolute Gasteiger partial charge is 0.225 e. The Morgan fingerprint density at radius 2 is 1.34 bits per heavy atom. The first-order valence-electron chi connectivity index (χ1n) is 8.60. The van der Waals surface area contributed by atoms with E-state index in [4.69, 9.17) is 16.7 Å². The Hall–Kier alpha value is -2.23. The zero-order valence-corrected chi connectivity index (χ0v) is 17.6. The summed E-state index contributed by atoms with van der Waals surface area (Å²) < 4.78 is 51.3. The number of nitrogens with one attached hydrogen (secondary N) is 1. The van der Waals surface area contributed by atoms with Gasteiger partial charge in [0.2, 0.25) is 20.0 Å². The molecule has 0 aliphatic carbocycles. The number of sulfonamides is 2. The molecule has 1 atom stereocenters. The number of rotatable bonds is 7. The molecule has 0 saturated carbocycles. The number of nitrogens with two attached hydrogens (primary N) is 1. The van der Waals surface area contributed by atoms with Gasteiger partial charge in [-0.05, 0) is 53.9 Å². The molecule has 9 heteroatoms. The lowest BCUT2D eigenvalue weighted by molar-refractivity contribution is 0.554. The van der Waals surface area contributed by atoms with Gasteiger partial charge in [0.05, 0.1) is 15.8 Å². The van der Waals surface area contributed by atoms with E-state index >= 15 is 0 Å². The molecule has 152 valence electrons. The van der Waals surface area contributed by atoms with Crippen molar-refractivity contribution in [2.24, 2.45) is 5.14 Å². The number of primary sulfonamides is 1. The maximum absolute atomic E-state index is 12.9. The molecule has 1 unspecified atom stereocenters. The van der Waals surface area contributed by atoms with Crippen LogP contribution < -0.4 is 9.86 Å². The molecule has 3 N–H and O–H groups in total. The fourth-order valence-corrected chi connectivity index (χ4v) is 4.70. The van der Waals surface area contributed by atoms with Gasteiger partial charge in [0.1, 0.15) is 0 Å². The minimum Gasteiger partial charge on any atom is -0.225 e. The van der Waals surface area contributed by atoms with E-state index in [0.717, 1.165) is 11.1 Å². The molecule has 0 spiro atoms. The van der Waals surface area contributed by atoms with Gasteiger partial charge < -0.3 is 0 Å². The van der Waals surface area contributed by atoms with Gasteiger partial charge in [-0.15, -0.1) is 0 Å². The van der Waals surface area contributed by atoms with Crippen molar-refractivity contribution in [3.05, 3.63) is 95.0 Å². The average Bonchev–Trinajstić information content (AvgIpc) is 2.69. The Kier molecular flexibility index (Phi) is 6.40. The molecule has 0 heterocycles. The van der Waals surface area contributed by atoms with E-state index in [2.05, 4.69) is 4.72 Å². The summed E-state index contributed by atoms with van der Waals surface area (Å²) in [6, 6.07) is 20.6. The van der Waals surface area contributed by atoms with Crippen LogP contribution in [0, 0.1) is 0 Å². The third-order valence-electron chi connectivity index (χ3n) is 4.32. The molecule has 0 aliphatic rings. The molecular formula is C20H19ClN2O4S2. The van der Waals surface area contributed by atoms with Gasteiger partial charge in [-0.1, -0.05) is 54.1 Å². The van der Waals surface area contributed by atoms with Crippen LogP contribution in [0.2, 0.25) is 5.02 Å². The van der Waals surface area contributed by atoms with E-state index in [1.54, 1.807) is 12.1 Å². The molecular weight excluding hydrogens is 432 g/mol. The third-order valence-corrected chi connectivity index (χ3v) is 6.98. The molecule has 3 aromatic rings. The first kappa shape index (κ1) is 21.5. The van der Waals surface area contributed by atoms with Gasteiger partial charge in [0.25, 0.3) is 0 Å². The lowest BCUT2D eigenvalue weighted by atomic mass is 10.00. The molecule has 29 heavy (non-hydrogen) atoms. The van der Waals surface area contributed by atoms with Gasteiger partial charge in [-0.3, -0.25) is 0 Å². The van der Waals surface area contributed by atoms with Gasteiger partial charge in [0, 0.05) is 5.02 Å². The minimum atomic E-state index is -3.91. The van der Waals surface area contributed by atoms with E-state index in [0.29, 0.717) is 11.4 Å². The molecule has 3 rings (SSSR count). The molecule has 0 saturated heterocycles. The summed E-state index contributed by atoms with van der Waals surface area (Å²) in [4.78, 5) is -0.209. The summed E-state index contributed by atoms with van der Waals surface area (Å²) in [5.41, 5.74) is 1.71. The highest BCUT2D eigenvalue weighted by Crippen LogP contribution is 2.23. The second-order valence-corrected chi connectivity index (χ2v) is 10.1. The highest BCUT2D eigenvalue weighted by Gasteiger charge is 2.22. The topological polar surface area (TPSA) is 106 Å². The maximum atomic E-state index is 12.9. The quantitative estimate of drug-likeness (QED) is 0.576. The summed E-state index contributed by atoms with van der Waals surface area (Å²) in [5, 5.41) is 5.66. The van der Waals surface area contributed by atoms with Crippen LogP contribution in [-0.4, -0.2) is 16.8 Å². The van der Waals surface area contributed by atoms with Crippen LogP contribution >= 0.6 is 11.6 Å². The van der Waals surface area contributed by atoms with Crippen LogP contribution in [0.5, 0.6) is 0 Å². The molecule has 0 aromatic heterocycles. The van der Waals surface area contributed by atoms with Crippen molar-refractivity contribution in [2.45, 2.75) is 22.3 Å². The summed E-state index contributed by atoms with van der Waals surface area (Å²) in [6.45, 7) is 0. The Morgan fingerprint density at radius 3 is 1.90 bits per heavy atom. The van der Waals surface area contributed by atoms with E-state index in [-0.39, 0.29) is 9.79 Å². The molecule has 0 bridgehead atoms. The largest absolute Gasteiger partial charge is 0.241 e. The molecule has 0 aliphatic heterocycles. The lowest BCUT2D eigenvalue weighted by Crippen LogP contribution is -2.30. The predicted octanol–water partition coefficient (Wildman–Crippen LogP) is 3.25. The van der Waals surface area contributed by atoms with Gasteiger partial charge in [0.15, 0.2) is 0 Å². The summed E-state index contributed by atoms with van der Waals surface area (Å²) in [7, 11) is -7.81. The molecule has 6 nitrogen and oxygen atoms in total. The monoisotopic (exact) mass is 450 g/mol. The van der Waals surface area contributed by atoms with Crippen molar-refractivity contribution in [2.75, 3.05) is 0 Å². The predicted molar refractivity (Wildman–Crippen MR) is 112 cm³/mol. The van der Waals surface area contributed by atoms with Crippen molar-refractivity contribution in [3.8, 4) is 0 Å². The van der Waals surface area contributed by atoms with Crippen LogP contribution in [0.15, 0.2) is 88.7 Å².